The van der Waals surface area contributed by atoms with Gasteiger partial charge < -0.3 is 16.2 Å². The van der Waals surface area contributed by atoms with Gasteiger partial charge in [-0.1, -0.05) is 6.42 Å². The van der Waals surface area contributed by atoms with Crippen LogP contribution in [-0.4, -0.2) is 23.9 Å². The van der Waals surface area contributed by atoms with Crippen LogP contribution in [0.4, 0.5) is 18.9 Å². The molecule has 2 aliphatic rings. The second-order valence-corrected chi connectivity index (χ2v) is 8.12. The maximum Gasteiger partial charge on any atom is 0.573 e. The highest BCUT2D eigenvalue weighted by molar-refractivity contribution is 14.1. The van der Waals surface area contributed by atoms with Crippen LogP contribution in [0, 0.1) is 3.57 Å². The third kappa shape index (κ3) is 3.87. The molecule has 1 aromatic rings. The molecule has 1 spiro atoms. The molecular weight excluding hydrogens is 530 g/mol. The number of hydrogen-bond donors (Lipinski definition) is 2. The van der Waals surface area contributed by atoms with Gasteiger partial charge in [0.2, 0.25) is 11.9 Å². The fourth-order valence-electron chi connectivity index (χ4n) is 3.39. The standard InChI is InChI=1S/C15H16BrF3IN5O/c16-9-6-8(26-15(17,18)19)7-10(20)11(9)25-13(22)23-12(21)24-14(25)4-2-1-3-5-14/h6-7H,1-5H2,(H4,21,22,23,24). The Hall–Kier alpha value is -1.24. The monoisotopic (exact) mass is 545 g/mol. The first kappa shape index (κ1) is 19.5. The Morgan fingerprint density at radius 2 is 1.85 bits per heavy atom. The number of anilines is 1. The lowest BCUT2D eigenvalue weighted by Crippen LogP contribution is -2.58. The SMILES string of the molecule is NC1=NC2(CCCCC2)N(c2c(Br)cc(OC(F)(F)F)cc2I)C(N)=N1. The second-order valence-electron chi connectivity index (χ2n) is 6.10. The maximum atomic E-state index is 12.5. The van der Waals surface area contributed by atoms with Gasteiger partial charge in [-0.2, -0.15) is 4.99 Å². The van der Waals surface area contributed by atoms with E-state index in [9.17, 15) is 13.2 Å². The van der Waals surface area contributed by atoms with E-state index in [4.69, 9.17) is 11.5 Å². The zero-order valence-electron chi connectivity index (χ0n) is 13.5. The average Bonchev–Trinajstić information content (AvgIpc) is 2.48. The number of alkyl halides is 3. The Bertz CT molecular complexity index is 754. The van der Waals surface area contributed by atoms with Crippen molar-refractivity contribution in [3.8, 4) is 5.75 Å². The summed E-state index contributed by atoms with van der Waals surface area (Å²) < 4.78 is 42.5. The van der Waals surface area contributed by atoms with Gasteiger partial charge in [0, 0.05) is 8.04 Å². The molecule has 1 fully saturated rings. The van der Waals surface area contributed by atoms with E-state index in [2.05, 4.69) is 30.7 Å². The highest BCUT2D eigenvalue weighted by Crippen LogP contribution is 2.45. The lowest BCUT2D eigenvalue weighted by atomic mass is 9.87. The van der Waals surface area contributed by atoms with Crippen LogP contribution < -0.4 is 21.1 Å². The third-order valence-corrected chi connectivity index (χ3v) is 5.73. The molecule has 1 heterocycles. The lowest BCUT2D eigenvalue weighted by molar-refractivity contribution is -0.274. The second kappa shape index (κ2) is 7.06. The molecular formula is C15H16BrF3IN5O. The smallest absolute Gasteiger partial charge is 0.406 e. The molecule has 11 heteroatoms. The molecule has 142 valence electrons. The van der Waals surface area contributed by atoms with E-state index in [1.165, 1.54) is 12.1 Å². The predicted molar refractivity (Wildman–Crippen MR) is 105 cm³/mol. The van der Waals surface area contributed by atoms with Crippen LogP contribution in [0.1, 0.15) is 32.1 Å². The fraction of sp³-hybridized carbons (Fsp3) is 0.467. The summed E-state index contributed by atoms with van der Waals surface area (Å²) in [7, 11) is 0. The first-order chi connectivity index (χ1) is 12.1. The molecule has 0 aromatic heterocycles. The molecule has 0 radical (unpaired) electrons. The summed E-state index contributed by atoms with van der Waals surface area (Å²) in [5.74, 6) is -0.0305. The Morgan fingerprint density at radius 1 is 1.19 bits per heavy atom. The summed E-state index contributed by atoms with van der Waals surface area (Å²) in [5.41, 5.74) is 11.9. The molecule has 1 aliphatic heterocycles. The number of benzene rings is 1. The maximum absolute atomic E-state index is 12.5. The number of guanidine groups is 2. The van der Waals surface area contributed by atoms with Crippen LogP contribution in [0.5, 0.6) is 5.75 Å². The fourth-order valence-corrected chi connectivity index (χ4v) is 5.22. The van der Waals surface area contributed by atoms with Crippen LogP contribution in [0.25, 0.3) is 0 Å². The van der Waals surface area contributed by atoms with E-state index in [0.717, 1.165) is 32.1 Å². The van der Waals surface area contributed by atoms with Gasteiger partial charge in [0.1, 0.15) is 11.4 Å². The average molecular weight is 546 g/mol. The van der Waals surface area contributed by atoms with Gasteiger partial charge in [-0.3, -0.25) is 4.90 Å². The summed E-state index contributed by atoms with van der Waals surface area (Å²) in [6, 6.07) is 2.57. The van der Waals surface area contributed by atoms with E-state index in [1.54, 1.807) is 4.90 Å². The van der Waals surface area contributed by atoms with Crippen molar-refractivity contribution in [1.82, 2.24) is 0 Å². The largest absolute Gasteiger partial charge is 0.573 e. The van der Waals surface area contributed by atoms with Gasteiger partial charge >= 0.3 is 6.36 Å². The van der Waals surface area contributed by atoms with Gasteiger partial charge in [0.05, 0.1) is 5.69 Å². The topological polar surface area (TPSA) is 89.2 Å². The molecule has 26 heavy (non-hydrogen) atoms. The molecule has 1 aliphatic carbocycles. The summed E-state index contributed by atoms with van der Waals surface area (Å²) >= 11 is 5.30. The first-order valence-corrected chi connectivity index (χ1v) is 9.73. The van der Waals surface area contributed by atoms with Crippen LogP contribution in [-0.2, 0) is 0 Å². The van der Waals surface area contributed by atoms with Crippen LogP contribution >= 0.6 is 38.5 Å². The third-order valence-electron chi connectivity index (χ3n) is 4.30. The van der Waals surface area contributed by atoms with E-state index >= 15 is 0 Å². The molecule has 0 amide bonds. The highest BCUT2D eigenvalue weighted by atomic mass is 127. The van der Waals surface area contributed by atoms with Gasteiger partial charge in [0.15, 0.2) is 0 Å². The zero-order chi connectivity index (χ0) is 19.1. The molecule has 0 unspecified atom stereocenters. The van der Waals surface area contributed by atoms with E-state index < -0.39 is 12.0 Å². The van der Waals surface area contributed by atoms with Crippen molar-refractivity contribution in [1.29, 1.82) is 0 Å². The number of hydrogen-bond acceptors (Lipinski definition) is 6. The summed E-state index contributed by atoms with van der Waals surface area (Å²) in [6.45, 7) is 0. The van der Waals surface area contributed by atoms with E-state index in [0.29, 0.717) is 13.7 Å². The summed E-state index contributed by atoms with van der Waals surface area (Å²) in [5, 5.41) is 0. The number of halogens is 5. The zero-order valence-corrected chi connectivity index (χ0v) is 17.2. The van der Waals surface area contributed by atoms with Crippen molar-refractivity contribution in [3.05, 3.63) is 20.2 Å². The molecule has 3 rings (SSSR count). The van der Waals surface area contributed by atoms with E-state index in [1.807, 2.05) is 22.6 Å². The summed E-state index contributed by atoms with van der Waals surface area (Å²) in [4.78, 5) is 10.4. The van der Waals surface area contributed by atoms with Crippen molar-refractivity contribution >= 4 is 56.1 Å². The minimum absolute atomic E-state index is 0.115. The first-order valence-electron chi connectivity index (χ1n) is 7.86. The van der Waals surface area contributed by atoms with Gasteiger partial charge in [-0.25, -0.2) is 4.99 Å². The van der Waals surface area contributed by atoms with Crippen molar-refractivity contribution in [2.45, 2.75) is 44.1 Å². The molecule has 1 aromatic carbocycles. The molecule has 0 saturated heterocycles. The molecule has 4 N–H and O–H groups in total. The normalized spacial score (nSPS) is 20.0. The number of aliphatic imine (C=N–C) groups is 2. The van der Waals surface area contributed by atoms with E-state index in [-0.39, 0.29) is 17.7 Å². The highest BCUT2D eigenvalue weighted by Gasteiger charge is 2.44. The van der Waals surface area contributed by atoms with Gasteiger partial charge in [0.25, 0.3) is 0 Å². The minimum atomic E-state index is -4.76. The van der Waals surface area contributed by atoms with Crippen LogP contribution in [0.3, 0.4) is 0 Å². The van der Waals surface area contributed by atoms with Crippen molar-refractivity contribution in [3.63, 3.8) is 0 Å². The van der Waals surface area contributed by atoms with Crippen molar-refractivity contribution < 1.29 is 17.9 Å². The van der Waals surface area contributed by atoms with Crippen LogP contribution in [0.15, 0.2) is 26.6 Å². The minimum Gasteiger partial charge on any atom is -0.406 e. The molecule has 6 nitrogen and oxygen atoms in total. The lowest BCUT2D eigenvalue weighted by Gasteiger charge is -2.46. The molecule has 1 saturated carbocycles. The van der Waals surface area contributed by atoms with Gasteiger partial charge in [-0.05, 0) is 76.3 Å². The summed E-state index contributed by atoms with van der Waals surface area (Å²) in [6.07, 6.45) is -0.327. The Labute approximate surface area is 170 Å². The van der Waals surface area contributed by atoms with Crippen LogP contribution in [0.2, 0.25) is 0 Å². The van der Waals surface area contributed by atoms with Crippen molar-refractivity contribution in [2.24, 2.45) is 21.5 Å². The number of nitrogens with zero attached hydrogens (tertiary/aromatic N) is 3. The Balaban J connectivity index is 2.07. The molecule has 0 atom stereocenters. The van der Waals surface area contributed by atoms with Gasteiger partial charge in [-0.15, -0.1) is 13.2 Å². The number of nitrogens with two attached hydrogens (primary N) is 2. The quantitative estimate of drug-likeness (QED) is 0.548. The molecule has 0 bridgehead atoms. The predicted octanol–water partition coefficient (Wildman–Crippen LogP) is 4.06. The Kier molecular flexibility index (Phi) is 5.30. The number of rotatable bonds is 2. The Morgan fingerprint density at radius 3 is 2.42 bits per heavy atom. The van der Waals surface area contributed by atoms with Crippen molar-refractivity contribution in [2.75, 3.05) is 4.90 Å². The number of ether oxygens (including phenoxy) is 1.